The Kier molecular flexibility index (Phi) is 4.65. The molecule has 0 aliphatic carbocycles. The zero-order valence-corrected chi connectivity index (χ0v) is 9.47. The molecule has 0 saturated carbocycles. The average molecular weight is 237 g/mol. The van der Waals surface area contributed by atoms with Crippen LogP contribution in [-0.4, -0.2) is 11.9 Å². The van der Waals surface area contributed by atoms with E-state index in [0.717, 1.165) is 18.6 Å². The second-order valence-corrected chi connectivity index (χ2v) is 3.61. The molecule has 0 radical (unpaired) electrons. The van der Waals surface area contributed by atoms with Crippen molar-refractivity contribution in [2.45, 2.75) is 25.8 Å². The van der Waals surface area contributed by atoms with Crippen molar-refractivity contribution in [2.24, 2.45) is 0 Å². The van der Waals surface area contributed by atoms with E-state index in [4.69, 9.17) is 6.42 Å². The maximum atomic E-state index is 13.3. The Morgan fingerprint density at radius 2 is 2.24 bits per heavy atom. The number of hydrogen-bond acceptors (Lipinski definition) is 1. The van der Waals surface area contributed by atoms with Gasteiger partial charge in [0, 0.05) is 6.07 Å². The van der Waals surface area contributed by atoms with Gasteiger partial charge >= 0.3 is 0 Å². The normalized spacial score (nSPS) is 11.6. The van der Waals surface area contributed by atoms with Crippen LogP contribution >= 0.6 is 0 Å². The van der Waals surface area contributed by atoms with Crippen molar-refractivity contribution >= 4 is 5.91 Å². The molecular weight excluding hydrogens is 224 g/mol. The Hall–Kier alpha value is -1.89. The van der Waals surface area contributed by atoms with Crippen molar-refractivity contribution in [1.29, 1.82) is 0 Å². The molecular formula is C13H13F2NO. The highest BCUT2D eigenvalue weighted by Gasteiger charge is 2.15. The van der Waals surface area contributed by atoms with Gasteiger partial charge in [0.05, 0.1) is 11.6 Å². The third kappa shape index (κ3) is 3.56. The van der Waals surface area contributed by atoms with Gasteiger partial charge in [-0.3, -0.25) is 4.79 Å². The van der Waals surface area contributed by atoms with Crippen molar-refractivity contribution in [1.82, 2.24) is 5.32 Å². The van der Waals surface area contributed by atoms with Gasteiger partial charge in [0.1, 0.15) is 11.6 Å². The minimum Gasteiger partial charge on any atom is -0.338 e. The first kappa shape index (κ1) is 13.2. The molecule has 0 fully saturated rings. The Morgan fingerprint density at radius 1 is 1.53 bits per heavy atom. The number of carbonyl (C=O) groups is 1. The number of hydrogen-bond donors (Lipinski definition) is 1. The lowest BCUT2D eigenvalue weighted by atomic mass is 10.1. The van der Waals surface area contributed by atoms with E-state index in [0.29, 0.717) is 12.5 Å². The minimum atomic E-state index is -0.894. The molecule has 0 heterocycles. The van der Waals surface area contributed by atoms with Crippen molar-refractivity contribution in [3.05, 3.63) is 35.4 Å². The van der Waals surface area contributed by atoms with Gasteiger partial charge < -0.3 is 5.32 Å². The van der Waals surface area contributed by atoms with Gasteiger partial charge in [-0.2, -0.15) is 0 Å². The zero-order chi connectivity index (χ0) is 12.8. The van der Waals surface area contributed by atoms with Crippen molar-refractivity contribution in [3.63, 3.8) is 0 Å². The van der Waals surface area contributed by atoms with Gasteiger partial charge in [-0.1, -0.05) is 19.3 Å². The number of rotatable bonds is 4. The van der Waals surface area contributed by atoms with Gasteiger partial charge in [-0.15, -0.1) is 6.42 Å². The van der Waals surface area contributed by atoms with Crippen LogP contribution in [0.15, 0.2) is 18.2 Å². The molecule has 0 bridgehead atoms. The SMILES string of the molecule is C#CC(CCC)NC(=O)c1ccc(F)cc1F. The summed E-state index contributed by atoms with van der Waals surface area (Å²) in [5.74, 6) is 0.165. The van der Waals surface area contributed by atoms with E-state index in [1.807, 2.05) is 6.92 Å². The lowest BCUT2D eigenvalue weighted by molar-refractivity contribution is 0.0940. The van der Waals surface area contributed by atoms with Crippen LogP contribution in [0.1, 0.15) is 30.1 Å². The van der Waals surface area contributed by atoms with E-state index in [1.165, 1.54) is 0 Å². The van der Waals surface area contributed by atoms with Crippen LogP contribution in [0.5, 0.6) is 0 Å². The number of terminal acetylenes is 1. The fourth-order valence-electron chi connectivity index (χ4n) is 1.40. The zero-order valence-electron chi connectivity index (χ0n) is 9.47. The second kappa shape index (κ2) is 6.00. The van der Waals surface area contributed by atoms with Crippen LogP contribution in [0.25, 0.3) is 0 Å². The highest BCUT2D eigenvalue weighted by Crippen LogP contribution is 2.10. The topological polar surface area (TPSA) is 29.1 Å². The molecule has 0 aliphatic rings. The Balaban J connectivity index is 2.79. The second-order valence-electron chi connectivity index (χ2n) is 3.61. The summed E-state index contributed by atoms with van der Waals surface area (Å²) in [6, 6.07) is 2.36. The predicted molar refractivity (Wildman–Crippen MR) is 61.4 cm³/mol. The maximum absolute atomic E-state index is 13.3. The highest BCUT2D eigenvalue weighted by molar-refractivity contribution is 5.94. The van der Waals surface area contributed by atoms with Crippen molar-refractivity contribution in [2.75, 3.05) is 0 Å². The first-order valence-corrected chi connectivity index (χ1v) is 5.30. The molecule has 1 aromatic rings. The Morgan fingerprint density at radius 3 is 2.76 bits per heavy atom. The number of carbonyl (C=O) groups excluding carboxylic acids is 1. The predicted octanol–water partition coefficient (Wildman–Crippen LogP) is 2.50. The van der Waals surface area contributed by atoms with Crippen LogP contribution in [0, 0.1) is 24.0 Å². The third-order valence-corrected chi connectivity index (χ3v) is 2.26. The minimum absolute atomic E-state index is 0.206. The summed E-state index contributed by atoms with van der Waals surface area (Å²) in [7, 11) is 0. The van der Waals surface area contributed by atoms with E-state index in [9.17, 15) is 13.6 Å². The Labute approximate surface area is 99.0 Å². The number of nitrogens with one attached hydrogen (secondary N) is 1. The number of benzene rings is 1. The van der Waals surface area contributed by atoms with Crippen molar-refractivity contribution < 1.29 is 13.6 Å². The summed E-state index contributed by atoms with van der Waals surface area (Å²) < 4.78 is 25.9. The largest absolute Gasteiger partial charge is 0.338 e. The molecule has 1 rings (SSSR count). The number of halogens is 2. The fraction of sp³-hybridized carbons (Fsp3) is 0.308. The van der Waals surface area contributed by atoms with E-state index in [-0.39, 0.29) is 5.56 Å². The third-order valence-electron chi connectivity index (χ3n) is 2.26. The van der Waals surface area contributed by atoms with Gasteiger partial charge in [0.25, 0.3) is 5.91 Å². The van der Waals surface area contributed by atoms with Gasteiger partial charge in [-0.05, 0) is 18.6 Å². The highest BCUT2D eigenvalue weighted by atomic mass is 19.1. The van der Waals surface area contributed by atoms with Crippen LogP contribution in [0.4, 0.5) is 8.78 Å². The van der Waals surface area contributed by atoms with Crippen LogP contribution < -0.4 is 5.32 Å². The van der Waals surface area contributed by atoms with E-state index >= 15 is 0 Å². The van der Waals surface area contributed by atoms with E-state index in [1.54, 1.807) is 0 Å². The van der Waals surface area contributed by atoms with Crippen LogP contribution in [0.2, 0.25) is 0 Å². The van der Waals surface area contributed by atoms with Crippen molar-refractivity contribution in [3.8, 4) is 12.3 Å². The standard InChI is InChI=1S/C13H13F2NO/c1-3-5-10(4-2)16-13(17)11-7-6-9(14)8-12(11)15/h2,6-8,10H,3,5H2,1H3,(H,16,17). The fourth-order valence-corrected chi connectivity index (χ4v) is 1.40. The smallest absolute Gasteiger partial charge is 0.255 e. The van der Waals surface area contributed by atoms with E-state index in [2.05, 4.69) is 11.2 Å². The molecule has 2 nitrogen and oxygen atoms in total. The van der Waals surface area contributed by atoms with Gasteiger partial charge in [-0.25, -0.2) is 8.78 Å². The molecule has 0 aliphatic heterocycles. The average Bonchev–Trinajstić information content (AvgIpc) is 2.28. The summed E-state index contributed by atoms with van der Waals surface area (Å²) >= 11 is 0. The summed E-state index contributed by atoms with van der Waals surface area (Å²) in [6.45, 7) is 1.93. The number of amides is 1. The van der Waals surface area contributed by atoms with Gasteiger partial charge in [0.15, 0.2) is 0 Å². The Bertz CT molecular complexity index is 451. The molecule has 1 unspecified atom stereocenters. The lowest BCUT2D eigenvalue weighted by Crippen LogP contribution is -2.34. The van der Waals surface area contributed by atoms with Crippen LogP contribution in [0.3, 0.4) is 0 Å². The molecule has 1 aromatic carbocycles. The summed E-state index contributed by atoms with van der Waals surface area (Å²) in [5, 5.41) is 2.51. The molecule has 0 aromatic heterocycles. The molecule has 90 valence electrons. The van der Waals surface area contributed by atoms with E-state index < -0.39 is 23.6 Å². The molecule has 1 amide bonds. The first-order valence-electron chi connectivity index (χ1n) is 5.30. The molecule has 1 atom stereocenters. The summed E-state index contributed by atoms with van der Waals surface area (Å²) in [5.41, 5.74) is -0.206. The molecule has 17 heavy (non-hydrogen) atoms. The lowest BCUT2D eigenvalue weighted by Gasteiger charge is -2.12. The summed E-state index contributed by atoms with van der Waals surface area (Å²) in [4.78, 5) is 11.7. The molecule has 1 N–H and O–H groups in total. The monoisotopic (exact) mass is 237 g/mol. The quantitative estimate of drug-likeness (QED) is 0.801. The molecule has 0 spiro atoms. The summed E-state index contributed by atoms with van der Waals surface area (Å²) in [6.07, 6.45) is 6.65. The van der Waals surface area contributed by atoms with Crippen LogP contribution in [-0.2, 0) is 0 Å². The first-order chi connectivity index (χ1) is 8.08. The maximum Gasteiger partial charge on any atom is 0.255 e. The molecule has 4 heteroatoms. The molecule has 0 saturated heterocycles. The van der Waals surface area contributed by atoms with Gasteiger partial charge in [0.2, 0.25) is 0 Å².